The molecule has 18 atom stereocenters. The maximum absolute atomic E-state index is 14.7. The van der Waals surface area contributed by atoms with E-state index in [4.69, 9.17) is 33.2 Å². The van der Waals surface area contributed by atoms with E-state index < -0.39 is 102 Å². The van der Waals surface area contributed by atoms with Crippen molar-refractivity contribution in [1.82, 2.24) is 20.1 Å². The minimum atomic E-state index is -1.87. The van der Waals surface area contributed by atoms with Crippen molar-refractivity contribution in [1.29, 1.82) is 0 Å². The van der Waals surface area contributed by atoms with E-state index in [9.17, 15) is 30.0 Å². The second kappa shape index (κ2) is 23.1. The topological polar surface area (TPSA) is 211 Å². The Labute approximate surface area is 381 Å². The zero-order valence-corrected chi connectivity index (χ0v) is 40.9. The highest BCUT2D eigenvalue weighted by Gasteiger charge is 2.53. The Morgan fingerprint density at radius 3 is 2.33 bits per heavy atom. The quantitative estimate of drug-likeness (QED) is 0.142. The van der Waals surface area contributed by atoms with Crippen LogP contribution in [0, 0.1) is 17.8 Å². The van der Waals surface area contributed by atoms with Crippen LogP contribution < -0.4 is 5.32 Å². The van der Waals surface area contributed by atoms with Gasteiger partial charge in [0.15, 0.2) is 12.6 Å². The molecule has 0 unspecified atom stereocenters. The molecule has 0 radical (unpaired) electrons. The molecule has 17 nitrogen and oxygen atoms in total. The Morgan fingerprint density at radius 2 is 1.72 bits per heavy atom. The Morgan fingerprint density at radius 1 is 1.03 bits per heavy atom. The lowest BCUT2D eigenvalue weighted by Crippen LogP contribution is -2.61. The predicted molar refractivity (Wildman–Crippen MR) is 239 cm³/mol. The molecule has 5 N–H and O–H groups in total. The lowest BCUT2D eigenvalue weighted by Gasteiger charge is -2.48. The molecular weight excluding hydrogens is 829 g/mol. The molecule has 0 aliphatic carbocycles. The maximum Gasteiger partial charge on any atom is 0.311 e. The zero-order valence-electron chi connectivity index (χ0n) is 40.9. The van der Waals surface area contributed by atoms with Crippen LogP contribution >= 0.6 is 0 Å². The molecule has 3 aliphatic rings. The number of carbonyl (C=O) groups excluding carboxylic acids is 2. The van der Waals surface area contributed by atoms with Crippen molar-refractivity contribution in [3.05, 3.63) is 30.1 Å². The molecule has 17 heteroatoms. The fourth-order valence-electron chi connectivity index (χ4n) is 10.1. The Hall–Kier alpha value is -2.39. The standard InChI is InChI=1S/C47H82N4O13/c1-15-35-47(10,57)42(62-36(52)18-20-49-25-33-17-16-19-48-24-33)31(6)51(13)26-27(2)22-45(8,56)41(64-44-38(53)34(50(11)12)21-28(3)59-44)29(4)39(30(5)43(55)61-35)63-37-23-46(9,58-14)40(54)32(7)60-37/h16-17,19,24,27-32,34-35,37-42,44,49,53-54,56-57H,15,18,20-23,25-26H2,1-14H3/t27-,28-,29+,30-,31+,32+,34+,35+,37+,38-,39+,40+,41-,42-,44+,45+,46-,47-/m1/s1. The normalized spacial score (nSPS) is 42.4. The first kappa shape index (κ1) is 54.2. The molecule has 0 spiro atoms. The van der Waals surface area contributed by atoms with E-state index in [1.807, 2.05) is 70.8 Å². The molecule has 0 aromatic carbocycles. The van der Waals surface area contributed by atoms with E-state index in [0.717, 1.165) is 5.56 Å². The van der Waals surface area contributed by atoms with Crippen molar-refractivity contribution < 1.29 is 63.2 Å². The molecule has 0 saturated carbocycles. The minimum absolute atomic E-state index is 0.0168. The zero-order chi connectivity index (χ0) is 47.9. The van der Waals surface area contributed by atoms with Gasteiger partial charge in [0.1, 0.15) is 30.0 Å². The molecule has 0 bridgehead atoms. The van der Waals surface area contributed by atoms with Crippen LogP contribution in [-0.4, -0.2) is 179 Å². The van der Waals surface area contributed by atoms with Crippen LogP contribution in [0.1, 0.15) is 107 Å². The van der Waals surface area contributed by atoms with Gasteiger partial charge in [0, 0.05) is 63.6 Å². The van der Waals surface area contributed by atoms with Crippen LogP contribution in [-0.2, 0) is 49.3 Å². The largest absolute Gasteiger partial charge is 0.459 e. The Kier molecular flexibility index (Phi) is 19.5. The lowest BCUT2D eigenvalue weighted by molar-refractivity contribution is -0.318. The highest BCUT2D eigenvalue weighted by molar-refractivity contribution is 5.73. The summed E-state index contributed by atoms with van der Waals surface area (Å²) in [6.45, 7) is 18.9. The van der Waals surface area contributed by atoms with Gasteiger partial charge in [-0.3, -0.25) is 19.5 Å². The molecule has 4 rings (SSSR count). The number of aromatic nitrogens is 1. The number of aliphatic hydroxyl groups is 4. The van der Waals surface area contributed by atoms with Crippen molar-refractivity contribution >= 4 is 11.9 Å². The molecule has 4 heterocycles. The van der Waals surface area contributed by atoms with Crippen molar-refractivity contribution in [3.8, 4) is 0 Å². The first-order valence-corrected chi connectivity index (χ1v) is 23.2. The number of carbonyl (C=O) groups is 2. The van der Waals surface area contributed by atoms with Crippen molar-refractivity contribution in [2.75, 3.05) is 41.3 Å². The number of ether oxygens (including phenoxy) is 7. The summed E-state index contributed by atoms with van der Waals surface area (Å²) >= 11 is 0. The van der Waals surface area contributed by atoms with Gasteiger partial charge < -0.3 is 63.8 Å². The van der Waals surface area contributed by atoms with Gasteiger partial charge in [-0.25, -0.2) is 0 Å². The number of hydrogen-bond donors (Lipinski definition) is 5. The number of rotatable bonds is 13. The summed E-state index contributed by atoms with van der Waals surface area (Å²) in [6.07, 6.45) is -5.13. The third kappa shape index (κ3) is 13.4. The highest BCUT2D eigenvalue weighted by atomic mass is 16.7. The number of likely N-dealkylation sites (N-methyl/N-ethyl adjacent to an activating group) is 2. The summed E-state index contributed by atoms with van der Waals surface area (Å²) in [5.41, 5.74) is -3.58. The van der Waals surface area contributed by atoms with Gasteiger partial charge in [-0.1, -0.05) is 26.8 Å². The van der Waals surface area contributed by atoms with E-state index in [1.54, 1.807) is 47.0 Å². The summed E-state index contributed by atoms with van der Waals surface area (Å²) in [7, 11) is 7.13. The first-order chi connectivity index (χ1) is 29.9. The van der Waals surface area contributed by atoms with Gasteiger partial charge in [-0.2, -0.15) is 0 Å². The second-order valence-corrected chi connectivity index (χ2v) is 19.9. The number of nitrogens with zero attached hydrogens (tertiary/aromatic N) is 3. The molecule has 3 fully saturated rings. The van der Waals surface area contributed by atoms with Crippen LogP contribution in [0.5, 0.6) is 0 Å². The first-order valence-electron chi connectivity index (χ1n) is 23.2. The van der Waals surface area contributed by atoms with Gasteiger partial charge in [0.25, 0.3) is 0 Å². The van der Waals surface area contributed by atoms with Crippen LogP contribution in [0.3, 0.4) is 0 Å². The number of hydrogen-bond acceptors (Lipinski definition) is 17. The minimum Gasteiger partial charge on any atom is -0.459 e. The van der Waals surface area contributed by atoms with E-state index in [2.05, 4.69) is 10.3 Å². The average molecular weight is 911 g/mol. The Bertz CT molecular complexity index is 1610. The molecule has 64 heavy (non-hydrogen) atoms. The maximum atomic E-state index is 14.7. The fraction of sp³-hybridized carbons (Fsp3) is 0.851. The highest BCUT2D eigenvalue weighted by Crippen LogP contribution is 2.40. The summed E-state index contributed by atoms with van der Waals surface area (Å²) in [6, 6.07) is 2.89. The Balaban J connectivity index is 1.76. The fourth-order valence-corrected chi connectivity index (χ4v) is 10.1. The summed E-state index contributed by atoms with van der Waals surface area (Å²) in [4.78, 5) is 36.3. The van der Waals surface area contributed by atoms with Gasteiger partial charge in [0.2, 0.25) is 0 Å². The molecule has 0 amide bonds. The van der Waals surface area contributed by atoms with Crippen LogP contribution in [0.25, 0.3) is 0 Å². The summed E-state index contributed by atoms with van der Waals surface area (Å²) in [5, 5.41) is 51.3. The monoisotopic (exact) mass is 911 g/mol. The van der Waals surface area contributed by atoms with E-state index in [0.29, 0.717) is 26.1 Å². The van der Waals surface area contributed by atoms with E-state index in [-0.39, 0.29) is 43.7 Å². The van der Waals surface area contributed by atoms with Gasteiger partial charge in [-0.15, -0.1) is 0 Å². The SMILES string of the molecule is CC[C@@H]1OC(=O)[C@H](C)[C@@H](O[C@H]2C[C@@](C)(OC)[C@@H](O)[C@H](C)O2)[C@H](C)[C@@H](O[C@@H]2O[C@H](C)C[C@H](N(C)C)[C@H]2O)[C@@](C)(O)C[C@@H](C)CN(C)[C@@H](C)[C@@H](OC(=O)CCNCc2cccnc2)[C@]1(C)O. The molecule has 368 valence electrons. The van der Waals surface area contributed by atoms with Crippen LogP contribution in [0.2, 0.25) is 0 Å². The van der Waals surface area contributed by atoms with E-state index in [1.165, 1.54) is 14.0 Å². The smallest absolute Gasteiger partial charge is 0.311 e. The van der Waals surface area contributed by atoms with Gasteiger partial charge in [0.05, 0.1) is 48.0 Å². The third-order valence-electron chi connectivity index (χ3n) is 14.0. The second-order valence-electron chi connectivity index (χ2n) is 19.9. The lowest BCUT2D eigenvalue weighted by atomic mass is 9.77. The molecule has 3 aliphatic heterocycles. The number of methoxy groups -OCH3 is 1. The number of aliphatic hydroxyl groups excluding tert-OH is 2. The van der Waals surface area contributed by atoms with Crippen molar-refractivity contribution in [2.24, 2.45) is 17.8 Å². The molecule has 1 aromatic rings. The van der Waals surface area contributed by atoms with Crippen LogP contribution in [0.15, 0.2) is 24.5 Å². The number of nitrogens with one attached hydrogen (secondary N) is 1. The number of pyridine rings is 1. The van der Waals surface area contributed by atoms with Crippen molar-refractivity contribution in [3.63, 3.8) is 0 Å². The van der Waals surface area contributed by atoms with Gasteiger partial charge >= 0.3 is 11.9 Å². The number of cyclic esters (lactones) is 1. The third-order valence-corrected chi connectivity index (χ3v) is 14.0. The molecular formula is C47H82N4O13. The summed E-state index contributed by atoms with van der Waals surface area (Å²) < 4.78 is 44.3. The predicted octanol–water partition coefficient (Wildman–Crippen LogP) is 3.03. The molecule has 3 saturated heterocycles. The van der Waals surface area contributed by atoms with Crippen LogP contribution in [0.4, 0.5) is 0 Å². The average Bonchev–Trinajstić information content (AvgIpc) is 3.23. The number of esters is 2. The van der Waals surface area contributed by atoms with E-state index >= 15 is 0 Å². The van der Waals surface area contributed by atoms with Gasteiger partial charge in [-0.05, 0) is 106 Å². The summed E-state index contributed by atoms with van der Waals surface area (Å²) in [5.74, 6) is -3.33. The van der Waals surface area contributed by atoms with Crippen molar-refractivity contribution in [2.45, 2.75) is 198 Å². The molecule has 1 aromatic heterocycles.